The normalized spacial score (nSPS) is 10.1. The molecule has 0 bridgehead atoms. The molecule has 82 valence electrons. The van der Waals surface area contributed by atoms with E-state index in [9.17, 15) is 5.11 Å². The van der Waals surface area contributed by atoms with Crippen LogP contribution >= 0.6 is 0 Å². The van der Waals surface area contributed by atoms with Gasteiger partial charge in [0.1, 0.15) is 18.1 Å². The van der Waals surface area contributed by atoms with Crippen LogP contribution in [0.25, 0.3) is 0 Å². The van der Waals surface area contributed by atoms with Gasteiger partial charge in [0.2, 0.25) is 0 Å². The van der Waals surface area contributed by atoms with Crippen LogP contribution in [0.1, 0.15) is 11.1 Å². The van der Waals surface area contributed by atoms with Crippen molar-refractivity contribution >= 4 is 0 Å². The van der Waals surface area contributed by atoms with Gasteiger partial charge in [-0.2, -0.15) is 0 Å². The van der Waals surface area contributed by atoms with Crippen molar-refractivity contribution in [3.8, 4) is 11.5 Å². The van der Waals surface area contributed by atoms with Gasteiger partial charge in [-0.25, -0.2) is 0 Å². The van der Waals surface area contributed by atoms with Gasteiger partial charge in [-0.3, -0.25) is 0 Å². The summed E-state index contributed by atoms with van der Waals surface area (Å²) in [5, 5.41) is 9.52. The van der Waals surface area contributed by atoms with E-state index in [1.807, 2.05) is 43.3 Å². The van der Waals surface area contributed by atoms with Gasteiger partial charge in [-0.05, 0) is 24.6 Å². The molecule has 0 radical (unpaired) electrons. The molecular weight excluding hydrogens is 200 g/mol. The Balaban J connectivity index is 2.08. The van der Waals surface area contributed by atoms with E-state index in [0.29, 0.717) is 6.61 Å². The molecule has 0 unspecified atom stereocenters. The quantitative estimate of drug-likeness (QED) is 0.849. The van der Waals surface area contributed by atoms with E-state index in [4.69, 9.17) is 4.74 Å². The molecule has 0 heterocycles. The number of phenolic OH excluding ortho intramolecular Hbond substituents is 1. The number of hydrogen-bond donors (Lipinski definition) is 1. The zero-order chi connectivity index (χ0) is 11.4. The van der Waals surface area contributed by atoms with Gasteiger partial charge in [0.05, 0.1) is 0 Å². The van der Waals surface area contributed by atoms with Crippen LogP contribution in [0.15, 0.2) is 48.5 Å². The lowest BCUT2D eigenvalue weighted by Gasteiger charge is -2.09. The second kappa shape index (κ2) is 4.71. The molecule has 0 atom stereocenters. The fraction of sp³-hybridized carbons (Fsp3) is 0.143. The number of aromatic hydroxyl groups is 1. The maximum absolute atomic E-state index is 9.52. The Kier molecular flexibility index (Phi) is 3.10. The van der Waals surface area contributed by atoms with Crippen molar-refractivity contribution < 1.29 is 9.84 Å². The highest BCUT2D eigenvalue weighted by molar-refractivity contribution is 5.42. The molecule has 0 aliphatic rings. The van der Waals surface area contributed by atoms with Gasteiger partial charge in [-0.1, -0.05) is 36.4 Å². The molecule has 0 saturated carbocycles. The van der Waals surface area contributed by atoms with Crippen LogP contribution in [-0.4, -0.2) is 5.11 Å². The van der Waals surface area contributed by atoms with Crippen molar-refractivity contribution in [2.75, 3.05) is 0 Å². The van der Waals surface area contributed by atoms with Crippen molar-refractivity contribution in [3.05, 3.63) is 59.7 Å². The molecule has 2 heteroatoms. The van der Waals surface area contributed by atoms with E-state index in [0.717, 1.165) is 16.9 Å². The van der Waals surface area contributed by atoms with E-state index in [-0.39, 0.29) is 5.75 Å². The Hall–Kier alpha value is -1.96. The van der Waals surface area contributed by atoms with Crippen LogP contribution in [0.4, 0.5) is 0 Å². The van der Waals surface area contributed by atoms with Crippen molar-refractivity contribution in [3.63, 3.8) is 0 Å². The maximum atomic E-state index is 9.52. The van der Waals surface area contributed by atoms with Crippen LogP contribution < -0.4 is 4.74 Å². The monoisotopic (exact) mass is 214 g/mol. The summed E-state index contributed by atoms with van der Waals surface area (Å²) in [5.74, 6) is 0.995. The molecule has 0 aliphatic carbocycles. The third kappa shape index (κ3) is 2.34. The van der Waals surface area contributed by atoms with Crippen LogP contribution in [-0.2, 0) is 6.61 Å². The molecule has 0 spiro atoms. The molecule has 2 nitrogen and oxygen atoms in total. The van der Waals surface area contributed by atoms with E-state index < -0.39 is 0 Å². The Bertz CT molecular complexity index is 463. The zero-order valence-electron chi connectivity index (χ0n) is 9.18. The first kappa shape index (κ1) is 10.6. The first-order valence-corrected chi connectivity index (χ1v) is 5.22. The van der Waals surface area contributed by atoms with E-state index in [2.05, 4.69) is 0 Å². The Morgan fingerprint density at radius 2 is 1.75 bits per heavy atom. The Morgan fingerprint density at radius 1 is 1.00 bits per heavy atom. The number of rotatable bonds is 3. The van der Waals surface area contributed by atoms with E-state index in [1.54, 1.807) is 12.1 Å². The van der Waals surface area contributed by atoms with Crippen LogP contribution in [0.3, 0.4) is 0 Å². The third-order valence-corrected chi connectivity index (χ3v) is 2.49. The smallest absolute Gasteiger partial charge is 0.126 e. The second-order valence-electron chi connectivity index (χ2n) is 3.67. The molecular formula is C14H14O2. The summed E-state index contributed by atoms with van der Waals surface area (Å²) in [6, 6.07) is 15.3. The molecule has 2 aromatic carbocycles. The lowest BCUT2D eigenvalue weighted by atomic mass is 10.2. The fourth-order valence-corrected chi connectivity index (χ4v) is 1.49. The Labute approximate surface area is 95.1 Å². The molecule has 1 N–H and O–H groups in total. The minimum absolute atomic E-state index is 0.269. The molecule has 16 heavy (non-hydrogen) atoms. The van der Waals surface area contributed by atoms with Gasteiger partial charge in [0.15, 0.2) is 0 Å². The first-order valence-electron chi connectivity index (χ1n) is 5.22. The van der Waals surface area contributed by atoms with Gasteiger partial charge in [0, 0.05) is 5.56 Å². The average Bonchev–Trinajstić information content (AvgIpc) is 2.32. The first-order chi connectivity index (χ1) is 7.77. The average molecular weight is 214 g/mol. The predicted molar refractivity (Wildman–Crippen MR) is 63.6 cm³/mol. The standard InChI is InChI=1S/C14H14O2/c1-11-13(15)8-5-9-14(11)16-10-12-6-3-2-4-7-12/h2-9,15H,10H2,1H3. The molecule has 2 rings (SSSR count). The summed E-state index contributed by atoms with van der Waals surface area (Å²) >= 11 is 0. The van der Waals surface area contributed by atoms with Crippen molar-refractivity contribution in [1.29, 1.82) is 0 Å². The lowest BCUT2D eigenvalue weighted by Crippen LogP contribution is -1.96. The second-order valence-corrected chi connectivity index (χ2v) is 3.67. The largest absolute Gasteiger partial charge is 0.508 e. The van der Waals surface area contributed by atoms with Gasteiger partial charge < -0.3 is 9.84 Å². The van der Waals surface area contributed by atoms with Crippen molar-refractivity contribution in [1.82, 2.24) is 0 Å². The number of ether oxygens (including phenoxy) is 1. The van der Waals surface area contributed by atoms with Crippen LogP contribution in [0, 0.1) is 6.92 Å². The molecule has 0 aromatic heterocycles. The maximum Gasteiger partial charge on any atom is 0.126 e. The highest BCUT2D eigenvalue weighted by Gasteiger charge is 2.03. The van der Waals surface area contributed by atoms with Gasteiger partial charge in [0.25, 0.3) is 0 Å². The van der Waals surface area contributed by atoms with Gasteiger partial charge >= 0.3 is 0 Å². The SMILES string of the molecule is Cc1c(O)cccc1OCc1ccccc1. The molecule has 2 aromatic rings. The van der Waals surface area contributed by atoms with Crippen LogP contribution in [0.2, 0.25) is 0 Å². The molecule has 0 fully saturated rings. The molecule has 0 saturated heterocycles. The fourth-order valence-electron chi connectivity index (χ4n) is 1.49. The molecule has 0 aliphatic heterocycles. The topological polar surface area (TPSA) is 29.5 Å². The predicted octanol–water partition coefficient (Wildman–Crippen LogP) is 3.28. The summed E-state index contributed by atoms with van der Waals surface area (Å²) in [6.45, 7) is 2.36. The highest BCUT2D eigenvalue weighted by Crippen LogP contribution is 2.26. The minimum atomic E-state index is 0.269. The number of benzene rings is 2. The van der Waals surface area contributed by atoms with E-state index >= 15 is 0 Å². The number of hydrogen-bond acceptors (Lipinski definition) is 2. The van der Waals surface area contributed by atoms with Gasteiger partial charge in [-0.15, -0.1) is 0 Å². The van der Waals surface area contributed by atoms with Crippen LogP contribution in [0.5, 0.6) is 11.5 Å². The summed E-state index contributed by atoms with van der Waals surface area (Å²) in [6.07, 6.45) is 0. The minimum Gasteiger partial charge on any atom is -0.508 e. The lowest BCUT2D eigenvalue weighted by molar-refractivity contribution is 0.302. The highest BCUT2D eigenvalue weighted by atomic mass is 16.5. The summed E-state index contributed by atoms with van der Waals surface area (Å²) < 4.78 is 5.64. The number of phenols is 1. The van der Waals surface area contributed by atoms with Crippen molar-refractivity contribution in [2.24, 2.45) is 0 Å². The summed E-state index contributed by atoms with van der Waals surface area (Å²) in [5.41, 5.74) is 1.89. The van der Waals surface area contributed by atoms with E-state index in [1.165, 1.54) is 0 Å². The zero-order valence-corrected chi connectivity index (χ0v) is 9.18. The Morgan fingerprint density at radius 3 is 2.50 bits per heavy atom. The third-order valence-electron chi connectivity index (χ3n) is 2.49. The summed E-state index contributed by atoms with van der Waals surface area (Å²) in [4.78, 5) is 0. The van der Waals surface area contributed by atoms with Crippen molar-refractivity contribution in [2.45, 2.75) is 13.5 Å². The molecule has 0 amide bonds. The summed E-state index contributed by atoms with van der Waals surface area (Å²) in [7, 11) is 0.